The molecule has 0 bridgehead atoms. The molecule has 2 rings (SSSR count). The molecule has 1 fully saturated rings. The summed E-state index contributed by atoms with van der Waals surface area (Å²) in [7, 11) is -6.47. The van der Waals surface area contributed by atoms with Crippen LogP contribution in [-0.2, 0) is 24.8 Å². The monoisotopic (exact) mass is 347 g/mol. The first-order valence-corrected chi connectivity index (χ1v) is 9.48. The summed E-state index contributed by atoms with van der Waals surface area (Å²) in [5.41, 5.74) is 0. The van der Waals surface area contributed by atoms with Gasteiger partial charge in [0.25, 0.3) is 0 Å². The number of amides is 1. The average molecular weight is 347 g/mol. The molecule has 0 radical (unpaired) electrons. The van der Waals surface area contributed by atoms with Crippen LogP contribution in [0.25, 0.3) is 0 Å². The predicted molar refractivity (Wildman–Crippen MR) is 78.8 cm³/mol. The maximum Gasteiger partial charge on any atom is 0.243 e. The van der Waals surface area contributed by atoms with E-state index < -0.39 is 20.0 Å². The molecule has 3 N–H and O–H groups in total. The highest BCUT2D eigenvalue weighted by Crippen LogP contribution is 2.19. The molecule has 0 aromatic heterocycles. The van der Waals surface area contributed by atoms with E-state index in [9.17, 15) is 21.6 Å². The number of hydrogen-bond donors (Lipinski definition) is 2. The van der Waals surface area contributed by atoms with Crippen LogP contribution in [0.1, 0.15) is 12.8 Å². The topological polar surface area (TPSA) is 127 Å². The molecule has 1 aliphatic carbocycles. The third-order valence-electron chi connectivity index (χ3n) is 3.17. The van der Waals surface area contributed by atoms with Gasteiger partial charge in [-0.25, -0.2) is 22.0 Å². The number of nitrogens with one attached hydrogen (secondary N) is 1. The number of rotatable bonds is 6. The lowest BCUT2D eigenvalue weighted by Gasteiger charge is -2.17. The van der Waals surface area contributed by atoms with Gasteiger partial charge in [-0.15, -0.1) is 0 Å². The van der Waals surface area contributed by atoms with Gasteiger partial charge in [-0.05, 0) is 37.1 Å². The van der Waals surface area contributed by atoms with Gasteiger partial charge in [-0.2, -0.15) is 4.31 Å². The van der Waals surface area contributed by atoms with E-state index in [1.54, 1.807) is 0 Å². The van der Waals surface area contributed by atoms with E-state index in [2.05, 4.69) is 5.32 Å². The largest absolute Gasteiger partial charge is 0.352 e. The normalized spacial score (nSPS) is 15.8. The standard InChI is InChI=1S/C12H17N3O5S2/c1-15(8-12(16)14-9-2-3-9)22(19,20)11-6-4-10(5-7-11)21(13,17)18/h4-7,9H,2-3,8H2,1H3,(H,14,16)(H2,13,17,18). The first kappa shape index (κ1) is 16.9. The van der Waals surface area contributed by atoms with Crippen molar-refractivity contribution in [1.82, 2.24) is 9.62 Å². The second kappa shape index (κ2) is 5.95. The second-order valence-electron chi connectivity index (χ2n) is 5.12. The number of carbonyl (C=O) groups excluding carboxylic acids is 1. The lowest BCUT2D eigenvalue weighted by Crippen LogP contribution is -2.39. The molecule has 8 nitrogen and oxygen atoms in total. The first-order chi connectivity index (χ1) is 10.1. The Labute approximate surface area is 129 Å². The fourth-order valence-electron chi connectivity index (χ4n) is 1.77. The van der Waals surface area contributed by atoms with Gasteiger partial charge in [-0.3, -0.25) is 4.79 Å². The number of nitrogens with zero attached hydrogens (tertiary/aromatic N) is 1. The summed E-state index contributed by atoms with van der Waals surface area (Å²) < 4.78 is 47.8. The van der Waals surface area contributed by atoms with Gasteiger partial charge < -0.3 is 5.32 Å². The van der Waals surface area contributed by atoms with E-state index in [0.717, 1.165) is 41.4 Å². The van der Waals surface area contributed by atoms with E-state index in [4.69, 9.17) is 5.14 Å². The van der Waals surface area contributed by atoms with E-state index in [1.165, 1.54) is 7.05 Å². The molecule has 0 heterocycles. The Bertz CT molecular complexity index is 767. The highest BCUT2D eigenvalue weighted by Gasteiger charge is 2.27. The molecule has 0 atom stereocenters. The number of primary sulfonamides is 1. The Hall–Kier alpha value is -1.49. The van der Waals surface area contributed by atoms with Gasteiger partial charge in [0.1, 0.15) is 0 Å². The summed E-state index contributed by atoms with van der Waals surface area (Å²) in [6, 6.07) is 4.66. The summed E-state index contributed by atoms with van der Waals surface area (Å²) in [6.45, 7) is -0.296. The molecule has 1 aromatic carbocycles. The summed E-state index contributed by atoms with van der Waals surface area (Å²) in [6.07, 6.45) is 1.83. The third kappa shape index (κ3) is 4.03. The van der Waals surface area contributed by atoms with E-state index in [0.29, 0.717) is 0 Å². The molecule has 0 aliphatic heterocycles. The summed E-state index contributed by atoms with van der Waals surface area (Å²) in [5.74, 6) is -0.366. The zero-order valence-electron chi connectivity index (χ0n) is 11.9. The maximum atomic E-state index is 12.3. The second-order valence-corrected chi connectivity index (χ2v) is 8.73. The lowest BCUT2D eigenvalue weighted by molar-refractivity contribution is -0.121. The van der Waals surface area contributed by atoms with Crippen molar-refractivity contribution in [1.29, 1.82) is 0 Å². The van der Waals surface area contributed by atoms with Gasteiger partial charge in [0.15, 0.2) is 0 Å². The number of carbonyl (C=O) groups is 1. The molecule has 122 valence electrons. The third-order valence-corrected chi connectivity index (χ3v) is 5.92. The van der Waals surface area contributed by atoms with Crippen LogP contribution >= 0.6 is 0 Å². The fourth-order valence-corrected chi connectivity index (χ4v) is 3.41. The van der Waals surface area contributed by atoms with Crippen molar-refractivity contribution < 1.29 is 21.6 Å². The van der Waals surface area contributed by atoms with Crippen LogP contribution in [0.15, 0.2) is 34.1 Å². The molecule has 1 aromatic rings. The molecule has 22 heavy (non-hydrogen) atoms. The maximum absolute atomic E-state index is 12.3. The SMILES string of the molecule is CN(CC(=O)NC1CC1)S(=O)(=O)c1ccc(S(N)(=O)=O)cc1. The van der Waals surface area contributed by atoms with E-state index >= 15 is 0 Å². The van der Waals surface area contributed by atoms with E-state index in [1.807, 2.05) is 0 Å². The Morgan fingerprint density at radius 3 is 2.14 bits per heavy atom. The molecule has 0 unspecified atom stereocenters. The smallest absolute Gasteiger partial charge is 0.243 e. The molecule has 1 saturated carbocycles. The van der Waals surface area contributed by atoms with Gasteiger partial charge in [0.2, 0.25) is 26.0 Å². The van der Waals surface area contributed by atoms with Gasteiger partial charge >= 0.3 is 0 Å². The number of benzene rings is 1. The molecular formula is C12H17N3O5S2. The van der Waals surface area contributed by atoms with Crippen LogP contribution in [0.4, 0.5) is 0 Å². The van der Waals surface area contributed by atoms with Crippen LogP contribution in [0.2, 0.25) is 0 Å². The Balaban J connectivity index is 2.12. The van der Waals surface area contributed by atoms with Crippen LogP contribution < -0.4 is 10.5 Å². The number of likely N-dealkylation sites (N-methyl/N-ethyl adjacent to an activating group) is 1. The van der Waals surface area contributed by atoms with Gasteiger partial charge in [-0.1, -0.05) is 0 Å². The predicted octanol–water partition coefficient (Wildman–Crippen LogP) is -0.767. The number of hydrogen-bond acceptors (Lipinski definition) is 5. The van der Waals surface area contributed by atoms with Crippen LogP contribution in [-0.4, -0.2) is 46.7 Å². The van der Waals surface area contributed by atoms with Crippen molar-refractivity contribution in [3.05, 3.63) is 24.3 Å². The van der Waals surface area contributed by atoms with Crippen molar-refractivity contribution in [2.45, 2.75) is 28.7 Å². The van der Waals surface area contributed by atoms with Crippen molar-refractivity contribution in [3.8, 4) is 0 Å². The molecule has 0 saturated heterocycles. The Morgan fingerprint density at radius 2 is 1.68 bits per heavy atom. The van der Waals surface area contributed by atoms with Crippen molar-refractivity contribution in [2.24, 2.45) is 5.14 Å². The first-order valence-electron chi connectivity index (χ1n) is 6.49. The highest BCUT2D eigenvalue weighted by molar-refractivity contribution is 7.89. The molecule has 0 spiro atoms. The van der Waals surface area contributed by atoms with Crippen LogP contribution in [0, 0.1) is 0 Å². The van der Waals surface area contributed by atoms with Crippen molar-refractivity contribution in [2.75, 3.05) is 13.6 Å². The minimum Gasteiger partial charge on any atom is -0.352 e. The quantitative estimate of drug-likeness (QED) is 0.699. The van der Waals surface area contributed by atoms with E-state index in [-0.39, 0.29) is 28.3 Å². The average Bonchev–Trinajstić information content (AvgIpc) is 3.21. The summed E-state index contributed by atoms with van der Waals surface area (Å²) in [5, 5.41) is 7.65. The number of nitrogens with two attached hydrogens (primary N) is 1. The van der Waals surface area contributed by atoms with Crippen LogP contribution in [0.3, 0.4) is 0 Å². The van der Waals surface area contributed by atoms with Crippen molar-refractivity contribution in [3.63, 3.8) is 0 Å². The summed E-state index contributed by atoms with van der Waals surface area (Å²) >= 11 is 0. The molecule has 1 amide bonds. The molecular weight excluding hydrogens is 330 g/mol. The Morgan fingerprint density at radius 1 is 1.18 bits per heavy atom. The lowest BCUT2D eigenvalue weighted by atomic mass is 10.4. The van der Waals surface area contributed by atoms with Gasteiger partial charge in [0.05, 0.1) is 16.3 Å². The van der Waals surface area contributed by atoms with Crippen molar-refractivity contribution >= 4 is 26.0 Å². The fraction of sp³-hybridized carbons (Fsp3) is 0.417. The Kier molecular flexibility index (Phi) is 4.57. The highest BCUT2D eigenvalue weighted by atomic mass is 32.2. The minimum atomic E-state index is -3.88. The molecule has 1 aliphatic rings. The number of sulfonamides is 2. The van der Waals surface area contributed by atoms with Crippen LogP contribution in [0.5, 0.6) is 0 Å². The molecule has 10 heteroatoms. The summed E-state index contributed by atoms with van der Waals surface area (Å²) in [4.78, 5) is 11.4. The zero-order valence-corrected chi connectivity index (χ0v) is 13.5. The van der Waals surface area contributed by atoms with Gasteiger partial charge in [0, 0.05) is 13.1 Å². The minimum absolute atomic E-state index is 0.110. The zero-order chi connectivity index (χ0) is 16.5.